The third-order valence-corrected chi connectivity index (χ3v) is 3.41. The van der Waals surface area contributed by atoms with Gasteiger partial charge in [-0.05, 0) is 40.5 Å². The zero-order valence-corrected chi connectivity index (χ0v) is 12.9. The summed E-state index contributed by atoms with van der Waals surface area (Å²) >= 11 is 0. The zero-order valence-electron chi connectivity index (χ0n) is 12.9. The van der Waals surface area contributed by atoms with E-state index in [4.69, 9.17) is 4.74 Å². The summed E-state index contributed by atoms with van der Waals surface area (Å²) in [6.07, 6.45) is 4.85. The second-order valence-electron chi connectivity index (χ2n) is 5.85. The van der Waals surface area contributed by atoms with Crippen molar-refractivity contribution in [3.8, 4) is 6.01 Å². The SMILES string of the molecule is CCNc1nc(NC2(C)CCCC2)nc(OC(C)C)n1. The topological polar surface area (TPSA) is 72.0 Å². The third-order valence-electron chi connectivity index (χ3n) is 3.41. The summed E-state index contributed by atoms with van der Waals surface area (Å²) < 4.78 is 5.60. The highest BCUT2D eigenvalue weighted by molar-refractivity contribution is 5.38. The Hall–Kier alpha value is -1.59. The van der Waals surface area contributed by atoms with Crippen LogP contribution in [0.15, 0.2) is 0 Å². The lowest BCUT2D eigenvalue weighted by molar-refractivity contribution is 0.222. The predicted octanol–water partition coefficient (Wildman–Crippen LogP) is 2.84. The van der Waals surface area contributed by atoms with E-state index in [0.29, 0.717) is 17.9 Å². The molecule has 2 N–H and O–H groups in total. The van der Waals surface area contributed by atoms with Crippen molar-refractivity contribution in [2.24, 2.45) is 0 Å². The predicted molar refractivity (Wildman–Crippen MR) is 80.3 cm³/mol. The summed E-state index contributed by atoms with van der Waals surface area (Å²) in [5.41, 5.74) is 0.0833. The van der Waals surface area contributed by atoms with Gasteiger partial charge in [-0.25, -0.2) is 0 Å². The largest absolute Gasteiger partial charge is 0.461 e. The molecule has 0 saturated heterocycles. The minimum atomic E-state index is 0.0433. The highest BCUT2D eigenvalue weighted by Gasteiger charge is 2.29. The van der Waals surface area contributed by atoms with Crippen molar-refractivity contribution in [2.75, 3.05) is 17.2 Å². The Balaban J connectivity index is 2.19. The van der Waals surface area contributed by atoms with Crippen molar-refractivity contribution in [1.29, 1.82) is 0 Å². The summed E-state index contributed by atoms with van der Waals surface area (Å²) in [4.78, 5) is 13.0. The van der Waals surface area contributed by atoms with E-state index in [0.717, 1.165) is 19.4 Å². The van der Waals surface area contributed by atoms with Crippen LogP contribution in [0.2, 0.25) is 0 Å². The van der Waals surface area contributed by atoms with Crippen LogP contribution in [0, 0.1) is 0 Å². The van der Waals surface area contributed by atoms with Gasteiger partial charge in [0.25, 0.3) is 0 Å². The highest BCUT2D eigenvalue weighted by atomic mass is 16.5. The van der Waals surface area contributed by atoms with E-state index in [1.54, 1.807) is 0 Å². The quantitative estimate of drug-likeness (QED) is 0.834. The molecule has 112 valence electrons. The van der Waals surface area contributed by atoms with Crippen molar-refractivity contribution in [3.05, 3.63) is 0 Å². The molecule has 0 radical (unpaired) electrons. The lowest BCUT2D eigenvalue weighted by Crippen LogP contribution is -2.32. The Kier molecular flexibility index (Phi) is 4.62. The molecule has 0 aliphatic heterocycles. The molecule has 0 unspecified atom stereocenters. The molecule has 20 heavy (non-hydrogen) atoms. The molecule has 1 heterocycles. The van der Waals surface area contributed by atoms with Crippen molar-refractivity contribution in [3.63, 3.8) is 0 Å². The Morgan fingerprint density at radius 3 is 2.40 bits per heavy atom. The van der Waals surface area contributed by atoms with E-state index in [9.17, 15) is 0 Å². The van der Waals surface area contributed by atoms with Gasteiger partial charge in [0.1, 0.15) is 0 Å². The van der Waals surface area contributed by atoms with Crippen LogP contribution in [0.3, 0.4) is 0 Å². The lowest BCUT2D eigenvalue weighted by atomic mass is 10.0. The minimum absolute atomic E-state index is 0.0433. The van der Waals surface area contributed by atoms with Crippen LogP contribution < -0.4 is 15.4 Å². The summed E-state index contributed by atoms with van der Waals surface area (Å²) in [5.74, 6) is 1.15. The number of hydrogen-bond acceptors (Lipinski definition) is 6. The molecule has 0 bridgehead atoms. The summed E-state index contributed by atoms with van der Waals surface area (Å²) in [7, 11) is 0. The fraction of sp³-hybridized carbons (Fsp3) is 0.786. The first-order valence-electron chi connectivity index (χ1n) is 7.45. The van der Waals surface area contributed by atoms with E-state index in [-0.39, 0.29) is 11.6 Å². The Labute approximate surface area is 120 Å². The standard InChI is InChI=1S/C14H25N5O/c1-5-15-11-16-12(18-13(17-11)20-10(2)3)19-14(4)8-6-7-9-14/h10H,5-9H2,1-4H3,(H2,15,16,17,18,19). The van der Waals surface area contributed by atoms with Gasteiger partial charge in [-0.3, -0.25) is 0 Å². The normalized spacial score (nSPS) is 17.2. The molecule has 6 nitrogen and oxygen atoms in total. The first-order chi connectivity index (χ1) is 9.50. The van der Waals surface area contributed by atoms with Gasteiger partial charge >= 0.3 is 6.01 Å². The maximum Gasteiger partial charge on any atom is 0.323 e. The maximum absolute atomic E-state index is 5.60. The fourth-order valence-electron chi connectivity index (χ4n) is 2.46. The molecule has 0 atom stereocenters. The second kappa shape index (κ2) is 6.24. The number of anilines is 2. The van der Waals surface area contributed by atoms with Crippen LogP contribution in [0.25, 0.3) is 0 Å². The number of nitrogens with zero attached hydrogens (tertiary/aromatic N) is 3. The third kappa shape index (κ3) is 3.95. The van der Waals surface area contributed by atoms with Crippen LogP contribution in [0.1, 0.15) is 53.4 Å². The van der Waals surface area contributed by atoms with Gasteiger partial charge in [-0.2, -0.15) is 15.0 Å². The van der Waals surface area contributed by atoms with E-state index in [1.165, 1.54) is 12.8 Å². The van der Waals surface area contributed by atoms with Crippen LogP contribution in [0.5, 0.6) is 6.01 Å². The number of hydrogen-bond donors (Lipinski definition) is 2. The first kappa shape index (κ1) is 14.8. The van der Waals surface area contributed by atoms with Gasteiger partial charge in [0.15, 0.2) is 0 Å². The molecular formula is C14H25N5O. The molecule has 1 aromatic heterocycles. The van der Waals surface area contributed by atoms with E-state index in [2.05, 4.69) is 32.5 Å². The first-order valence-corrected chi connectivity index (χ1v) is 7.45. The molecule has 6 heteroatoms. The maximum atomic E-state index is 5.60. The molecule has 1 saturated carbocycles. The van der Waals surface area contributed by atoms with Gasteiger partial charge < -0.3 is 15.4 Å². The Morgan fingerprint density at radius 2 is 1.80 bits per heavy atom. The van der Waals surface area contributed by atoms with E-state index >= 15 is 0 Å². The van der Waals surface area contributed by atoms with E-state index < -0.39 is 0 Å². The Morgan fingerprint density at radius 1 is 1.15 bits per heavy atom. The van der Waals surface area contributed by atoms with Gasteiger partial charge in [0.2, 0.25) is 11.9 Å². The molecule has 0 spiro atoms. The highest BCUT2D eigenvalue weighted by Crippen LogP contribution is 2.32. The van der Waals surface area contributed by atoms with Gasteiger partial charge in [-0.15, -0.1) is 0 Å². The molecule has 1 aliphatic rings. The average Bonchev–Trinajstić information content (AvgIpc) is 2.74. The van der Waals surface area contributed by atoms with E-state index in [1.807, 2.05) is 20.8 Å². The molecule has 0 aromatic carbocycles. The Bertz CT molecular complexity index is 443. The average molecular weight is 279 g/mol. The smallest absolute Gasteiger partial charge is 0.323 e. The molecule has 1 aliphatic carbocycles. The fourth-order valence-corrected chi connectivity index (χ4v) is 2.46. The second-order valence-corrected chi connectivity index (χ2v) is 5.85. The van der Waals surface area contributed by atoms with Crippen LogP contribution in [-0.4, -0.2) is 33.1 Å². The number of ether oxygens (including phenoxy) is 1. The van der Waals surface area contributed by atoms with Crippen LogP contribution in [-0.2, 0) is 0 Å². The van der Waals surface area contributed by atoms with Crippen molar-refractivity contribution in [1.82, 2.24) is 15.0 Å². The monoisotopic (exact) mass is 279 g/mol. The minimum Gasteiger partial charge on any atom is -0.461 e. The van der Waals surface area contributed by atoms with Crippen LogP contribution >= 0.6 is 0 Å². The van der Waals surface area contributed by atoms with Gasteiger partial charge in [0.05, 0.1) is 6.10 Å². The van der Waals surface area contributed by atoms with Crippen molar-refractivity contribution in [2.45, 2.75) is 65.0 Å². The molecular weight excluding hydrogens is 254 g/mol. The van der Waals surface area contributed by atoms with Crippen molar-refractivity contribution < 1.29 is 4.74 Å². The summed E-state index contributed by atoms with van der Waals surface area (Å²) in [6.45, 7) is 8.92. The van der Waals surface area contributed by atoms with Gasteiger partial charge in [-0.1, -0.05) is 12.8 Å². The number of aromatic nitrogens is 3. The summed E-state index contributed by atoms with van der Waals surface area (Å²) in [5, 5.41) is 6.56. The molecule has 1 fully saturated rings. The van der Waals surface area contributed by atoms with Gasteiger partial charge in [0, 0.05) is 12.1 Å². The zero-order chi connectivity index (χ0) is 14.6. The van der Waals surface area contributed by atoms with Crippen molar-refractivity contribution >= 4 is 11.9 Å². The number of nitrogens with one attached hydrogen (secondary N) is 2. The number of rotatable bonds is 6. The summed E-state index contributed by atoms with van der Waals surface area (Å²) in [6, 6.07) is 0.370. The van der Waals surface area contributed by atoms with Crippen LogP contribution in [0.4, 0.5) is 11.9 Å². The molecule has 1 aromatic rings. The molecule has 2 rings (SSSR count). The molecule has 0 amide bonds. The lowest BCUT2D eigenvalue weighted by Gasteiger charge is -2.25.